The van der Waals surface area contributed by atoms with Gasteiger partial charge in [0.15, 0.2) is 5.78 Å². The summed E-state index contributed by atoms with van der Waals surface area (Å²) in [4.78, 5) is 18.0. The molecular formula is C28H28N2O2S. The zero-order chi connectivity index (χ0) is 23.5. The highest BCUT2D eigenvalue weighted by Gasteiger charge is 2.24. The van der Waals surface area contributed by atoms with Gasteiger partial charge in [0.1, 0.15) is 16.8 Å². The highest BCUT2D eigenvalue weighted by Crippen LogP contribution is 2.38. The number of Topliss-reactive ketones (excluding diaryl/α,β-unsaturated/α-hetero) is 1. The summed E-state index contributed by atoms with van der Waals surface area (Å²) in [6.45, 7) is 6.06. The number of aryl methyl sites for hydroxylation is 4. The normalized spacial score (nSPS) is 12.7. The molecule has 3 aromatic rings. The van der Waals surface area contributed by atoms with Gasteiger partial charge in [0.25, 0.3) is 0 Å². The summed E-state index contributed by atoms with van der Waals surface area (Å²) in [5.41, 5.74) is 8.78. The van der Waals surface area contributed by atoms with Gasteiger partial charge < -0.3 is 4.74 Å². The van der Waals surface area contributed by atoms with E-state index in [1.54, 1.807) is 7.11 Å². The fourth-order valence-electron chi connectivity index (χ4n) is 4.48. The number of aromatic nitrogens is 1. The van der Waals surface area contributed by atoms with Gasteiger partial charge in [-0.2, -0.15) is 5.26 Å². The number of hydrogen-bond donors (Lipinski definition) is 0. The molecule has 5 heteroatoms. The molecule has 168 valence electrons. The number of thioether (sulfide) groups is 1. The number of ketones is 1. The molecule has 0 spiro atoms. The fraction of sp³-hybridized carbons (Fsp3) is 0.321. The van der Waals surface area contributed by atoms with Gasteiger partial charge in [-0.05, 0) is 92.5 Å². The van der Waals surface area contributed by atoms with E-state index in [0.717, 1.165) is 64.9 Å². The van der Waals surface area contributed by atoms with Gasteiger partial charge in [0, 0.05) is 16.8 Å². The van der Waals surface area contributed by atoms with Gasteiger partial charge >= 0.3 is 0 Å². The van der Waals surface area contributed by atoms with Gasteiger partial charge in [0.2, 0.25) is 0 Å². The zero-order valence-electron chi connectivity index (χ0n) is 19.6. The van der Waals surface area contributed by atoms with E-state index in [-0.39, 0.29) is 11.5 Å². The number of methoxy groups -OCH3 is 1. The minimum absolute atomic E-state index is 0.0648. The Morgan fingerprint density at radius 1 is 1.06 bits per heavy atom. The van der Waals surface area contributed by atoms with E-state index in [0.29, 0.717) is 10.6 Å². The Morgan fingerprint density at radius 3 is 2.45 bits per heavy atom. The van der Waals surface area contributed by atoms with Crippen molar-refractivity contribution in [1.29, 1.82) is 5.26 Å². The smallest absolute Gasteiger partial charge is 0.173 e. The molecule has 0 bridgehead atoms. The predicted octanol–water partition coefficient (Wildman–Crippen LogP) is 6.41. The van der Waals surface area contributed by atoms with Crippen molar-refractivity contribution in [2.45, 2.75) is 51.5 Å². The lowest BCUT2D eigenvalue weighted by Crippen LogP contribution is -2.12. The molecular weight excluding hydrogens is 428 g/mol. The number of nitrogens with zero attached hydrogens (tertiary/aromatic N) is 2. The summed E-state index contributed by atoms with van der Waals surface area (Å²) in [5.74, 6) is 1.10. The third-order valence-corrected chi connectivity index (χ3v) is 7.39. The highest BCUT2D eigenvalue weighted by molar-refractivity contribution is 8.00. The number of rotatable bonds is 6. The van der Waals surface area contributed by atoms with E-state index in [2.05, 4.69) is 19.1 Å². The maximum atomic E-state index is 13.1. The Hall–Kier alpha value is -3.10. The summed E-state index contributed by atoms with van der Waals surface area (Å²) < 4.78 is 5.31. The molecule has 0 fully saturated rings. The second-order valence-electron chi connectivity index (χ2n) is 8.60. The van der Waals surface area contributed by atoms with E-state index in [9.17, 15) is 10.1 Å². The Bertz CT molecular complexity index is 1260. The van der Waals surface area contributed by atoms with Crippen LogP contribution < -0.4 is 4.74 Å². The highest BCUT2D eigenvalue weighted by atomic mass is 32.2. The van der Waals surface area contributed by atoms with E-state index < -0.39 is 0 Å². The van der Waals surface area contributed by atoms with Crippen molar-refractivity contribution in [3.05, 3.63) is 75.5 Å². The quantitative estimate of drug-likeness (QED) is 0.317. The van der Waals surface area contributed by atoms with Crippen LogP contribution in [0.4, 0.5) is 0 Å². The Kier molecular flexibility index (Phi) is 6.85. The van der Waals surface area contributed by atoms with Crippen molar-refractivity contribution in [2.75, 3.05) is 12.9 Å². The summed E-state index contributed by atoms with van der Waals surface area (Å²) in [6.07, 6.45) is 4.02. The summed E-state index contributed by atoms with van der Waals surface area (Å²) in [7, 11) is 1.65. The average molecular weight is 457 g/mol. The van der Waals surface area contributed by atoms with Crippen LogP contribution in [0.15, 0.2) is 41.4 Å². The first-order valence-electron chi connectivity index (χ1n) is 11.3. The molecule has 1 aromatic heterocycles. The number of benzene rings is 2. The van der Waals surface area contributed by atoms with Gasteiger partial charge in [-0.3, -0.25) is 4.79 Å². The molecule has 2 aromatic carbocycles. The average Bonchev–Trinajstić information content (AvgIpc) is 2.83. The maximum Gasteiger partial charge on any atom is 0.173 e. The van der Waals surface area contributed by atoms with Crippen LogP contribution in [0.1, 0.15) is 56.7 Å². The lowest BCUT2D eigenvalue weighted by atomic mass is 9.87. The monoisotopic (exact) mass is 456 g/mol. The first-order chi connectivity index (χ1) is 15.9. The molecule has 4 rings (SSSR count). The number of nitriles is 1. The molecule has 0 unspecified atom stereocenters. The first-order valence-corrected chi connectivity index (χ1v) is 12.3. The number of hydrogen-bond acceptors (Lipinski definition) is 5. The molecule has 0 amide bonds. The Morgan fingerprint density at radius 2 is 1.76 bits per heavy atom. The van der Waals surface area contributed by atoms with E-state index in [1.807, 2.05) is 44.2 Å². The van der Waals surface area contributed by atoms with Gasteiger partial charge in [-0.25, -0.2) is 4.98 Å². The molecule has 33 heavy (non-hydrogen) atoms. The molecule has 0 saturated carbocycles. The fourth-order valence-corrected chi connectivity index (χ4v) is 5.37. The molecule has 0 saturated heterocycles. The molecule has 0 N–H and O–H groups in total. The molecule has 0 atom stereocenters. The minimum Gasteiger partial charge on any atom is -0.497 e. The van der Waals surface area contributed by atoms with Gasteiger partial charge in [-0.15, -0.1) is 0 Å². The van der Waals surface area contributed by atoms with Crippen LogP contribution >= 0.6 is 11.8 Å². The largest absolute Gasteiger partial charge is 0.497 e. The molecule has 1 aliphatic carbocycles. The minimum atomic E-state index is 0.0648. The number of pyridine rings is 1. The molecule has 0 radical (unpaired) electrons. The third-order valence-electron chi connectivity index (χ3n) is 6.41. The van der Waals surface area contributed by atoms with Gasteiger partial charge in [-0.1, -0.05) is 30.0 Å². The lowest BCUT2D eigenvalue weighted by Gasteiger charge is -2.22. The molecule has 1 heterocycles. The predicted molar refractivity (Wildman–Crippen MR) is 133 cm³/mol. The van der Waals surface area contributed by atoms with Crippen molar-refractivity contribution in [1.82, 2.24) is 4.98 Å². The van der Waals surface area contributed by atoms with Crippen molar-refractivity contribution in [2.24, 2.45) is 0 Å². The van der Waals surface area contributed by atoms with Crippen molar-refractivity contribution in [3.63, 3.8) is 0 Å². The van der Waals surface area contributed by atoms with Gasteiger partial charge in [0.05, 0.1) is 18.4 Å². The second kappa shape index (κ2) is 9.80. The van der Waals surface area contributed by atoms with Crippen LogP contribution in [0, 0.1) is 32.1 Å². The Balaban J connectivity index is 1.72. The van der Waals surface area contributed by atoms with Crippen LogP contribution in [0.25, 0.3) is 11.1 Å². The van der Waals surface area contributed by atoms with E-state index in [4.69, 9.17) is 9.72 Å². The number of fused-ring (bicyclic) bond motifs is 1. The second-order valence-corrected chi connectivity index (χ2v) is 9.57. The van der Waals surface area contributed by atoms with Crippen LogP contribution in [0.5, 0.6) is 5.75 Å². The van der Waals surface area contributed by atoms with Crippen LogP contribution in [-0.2, 0) is 12.8 Å². The summed E-state index contributed by atoms with van der Waals surface area (Å²) >= 11 is 1.37. The standard InChI is InChI=1S/C28H28N2O2S/c1-17-13-19(3)23(14-18(17)2)26(31)16-33-28-24(15-29)27(20-9-11-21(32-4)12-10-20)22-7-5-6-8-25(22)30-28/h9-14H,5-8,16H2,1-4H3. The topological polar surface area (TPSA) is 63.0 Å². The lowest BCUT2D eigenvalue weighted by molar-refractivity contribution is 0.102. The van der Waals surface area contributed by atoms with Crippen molar-refractivity contribution < 1.29 is 9.53 Å². The maximum absolute atomic E-state index is 13.1. The SMILES string of the molecule is COc1ccc(-c2c(C#N)c(SCC(=O)c3cc(C)c(C)cc3C)nc3c2CCCC3)cc1. The molecule has 1 aliphatic rings. The third kappa shape index (κ3) is 4.67. The molecule has 0 aliphatic heterocycles. The summed E-state index contributed by atoms with van der Waals surface area (Å²) in [5, 5.41) is 10.8. The number of ether oxygens (including phenoxy) is 1. The van der Waals surface area contributed by atoms with Crippen LogP contribution in [0.3, 0.4) is 0 Å². The van der Waals surface area contributed by atoms with E-state index in [1.165, 1.54) is 22.9 Å². The van der Waals surface area contributed by atoms with E-state index >= 15 is 0 Å². The number of carbonyl (C=O) groups is 1. The van der Waals surface area contributed by atoms with Crippen LogP contribution in [0.2, 0.25) is 0 Å². The molecule has 4 nitrogen and oxygen atoms in total. The van der Waals surface area contributed by atoms with Crippen molar-refractivity contribution in [3.8, 4) is 22.9 Å². The number of carbonyl (C=O) groups excluding carboxylic acids is 1. The van der Waals surface area contributed by atoms with Crippen molar-refractivity contribution >= 4 is 17.5 Å². The summed E-state index contributed by atoms with van der Waals surface area (Å²) in [6, 6.07) is 14.3. The Labute approximate surface area is 200 Å². The first kappa shape index (κ1) is 23.1. The van der Waals surface area contributed by atoms with Crippen LogP contribution in [-0.4, -0.2) is 23.6 Å². The zero-order valence-corrected chi connectivity index (χ0v) is 20.4.